The van der Waals surface area contributed by atoms with E-state index < -0.39 is 10.0 Å². The first-order valence-corrected chi connectivity index (χ1v) is 12.5. The van der Waals surface area contributed by atoms with Crippen molar-refractivity contribution in [1.82, 2.24) is 14.5 Å². The van der Waals surface area contributed by atoms with E-state index in [4.69, 9.17) is 11.6 Å². The summed E-state index contributed by atoms with van der Waals surface area (Å²) in [6.07, 6.45) is 2.93. The second-order valence-electron chi connectivity index (χ2n) is 6.66. The van der Waals surface area contributed by atoms with Gasteiger partial charge in [-0.3, -0.25) is 0 Å². The first-order chi connectivity index (χ1) is 13.9. The zero-order valence-electron chi connectivity index (χ0n) is 15.3. The fraction of sp³-hybridized carbons (Fsp3) is 0.263. The van der Waals surface area contributed by atoms with E-state index in [2.05, 4.69) is 31.4 Å². The molecule has 0 bridgehead atoms. The van der Waals surface area contributed by atoms with Gasteiger partial charge in [0.1, 0.15) is 5.01 Å². The molecule has 1 aromatic heterocycles. The smallest absolute Gasteiger partial charge is 0.243 e. The number of nitrogens with one attached hydrogen (secondary N) is 1. The van der Waals surface area contributed by atoms with E-state index in [0.717, 1.165) is 40.0 Å². The molecule has 1 aliphatic heterocycles. The number of hydrogen-bond acceptors (Lipinski definition) is 6. The van der Waals surface area contributed by atoms with Crippen LogP contribution in [-0.4, -0.2) is 36.0 Å². The Hall–Kier alpha value is -1.52. The van der Waals surface area contributed by atoms with E-state index in [1.165, 1.54) is 11.3 Å². The van der Waals surface area contributed by atoms with Gasteiger partial charge in [0.15, 0.2) is 0 Å². The predicted molar refractivity (Wildman–Crippen MR) is 120 cm³/mol. The third-order valence-corrected chi connectivity index (χ3v) is 8.66. The molecule has 2 heterocycles. The minimum absolute atomic E-state index is 0.314. The fourth-order valence-corrected chi connectivity index (χ4v) is 5.88. The number of benzene rings is 2. The predicted octanol–water partition coefficient (Wildman–Crippen LogP) is 5.54. The Morgan fingerprint density at radius 1 is 1.03 bits per heavy atom. The Morgan fingerprint density at radius 3 is 2.45 bits per heavy atom. The zero-order chi connectivity index (χ0) is 20.4. The van der Waals surface area contributed by atoms with Gasteiger partial charge in [-0.1, -0.05) is 35.4 Å². The summed E-state index contributed by atoms with van der Waals surface area (Å²) in [6.45, 7) is 1.19. The number of hydrogen-bond donors (Lipinski definition) is 1. The molecule has 4 rings (SSSR count). The number of nitrogens with zero attached hydrogens (tertiary/aromatic N) is 3. The number of halogens is 2. The zero-order valence-corrected chi connectivity index (χ0v) is 19.3. The average molecular weight is 514 g/mol. The van der Waals surface area contributed by atoms with Crippen LogP contribution in [0.2, 0.25) is 5.02 Å². The van der Waals surface area contributed by atoms with Gasteiger partial charge in [0.25, 0.3) is 0 Å². The SMILES string of the molecule is O=S(=O)(c1ccc(Nc2nnc(-c3ccc(Cl)c(Br)c3)s2)cc1)N1CCCCC1. The molecule has 10 heteroatoms. The molecule has 0 unspecified atom stereocenters. The van der Waals surface area contributed by atoms with Crippen molar-refractivity contribution in [3.8, 4) is 10.6 Å². The lowest BCUT2D eigenvalue weighted by Crippen LogP contribution is -2.35. The second-order valence-corrected chi connectivity index (χ2v) is 10.8. The summed E-state index contributed by atoms with van der Waals surface area (Å²) in [5, 5.41) is 13.6. The summed E-state index contributed by atoms with van der Waals surface area (Å²) in [5.41, 5.74) is 1.66. The van der Waals surface area contributed by atoms with Crippen molar-refractivity contribution in [2.45, 2.75) is 24.2 Å². The Bertz CT molecular complexity index is 1110. The minimum atomic E-state index is -3.43. The number of sulfonamides is 1. The Morgan fingerprint density at radius 2 is 1.76 bits per heavy atom. The Kier molecular flexibility index (Phi) is 6.21. The van der Waals surface area contributed by atoms with Crippen molar-refractivity contribution >= 4 is 59.7 Å². The molecule has 6 nitrogen and oxygen atoms in total. The van der Waals surface area contributed by atoms with Gasteiger partial charge >= 0.3 is 0 Å². The summed E-state index contributed by atoms with van der Waals surface area (Å²) >= 11 is 10.9. The monoisotopic (exact) mass is 512 g/mol. The van der Waals surface area contributed by atoms with Gasteiger partial charge in [-0.05, 0) is 65.2 Å². The van der Waals surface area contributed by atoms with E-state index in [1.807, 2.05) is 12.1 Å². The maximum atomic E-state index is 12.7. The molecule has 0 saturated carbocycles. The largest absolute Gasteiger partial charge is 0.330 e. The molecule has 1 saturated heterocycles. The lowest BCUT2D eigenvalue weighted by molar-refractivity contribution is 0.346. The molecule has 0 spiro atoms. The summed E-state index contributed by atoms with van der Waals surface area (Å²) in [7, 11) is -3.43. The topological polar surface area (TPSA) is 75.2 Å². The van der Waals surface area contributed by atoms with Gasteiger partial charge in [0.05, 0.1) is 9.92 Å². The first-order valence-electron chi connectivity index (χ1n) is 9.10. The molecule has 0 radical (unpaired) electrons. The van der Waals surface area contributed by atoms with Crippen molar-refractivity contribution in [2.75, 3.05) is 18.4 Å². The molecule has 0 aliphatic carbocycles. The van der Waals surface area contributed by atoms with Crippen molar-refractivity contribution in [3.05, 3.63) is 52.0 Å². The van der Waals surface area contributed by atoms with Gasteiger partial charge in [0, 0.05) is 28.8 Å². The molecule has 29 heavy (non-hydrogen) atoms. The molecule has 1 N–H and O–H groups in total. The van der Waals surface area contributed by atoms with Crippen molar-refractivity contribution in [3.63, 3.8) is 0 Å². The maximum Gasteiger partial charge on any atom is 0.243 e. The second kappa shape index (κ2) is 8.69. The van der Waals surface area contributed by atoms with Gasteiger partial charge in [-0.25, -0.2) is 8.42 Å². The molecule has 0 amide bonds. The van der Waals surface area contributed by atoms with Crippen molar-refractivity contribution in [2.24, 2.45) is 0 Å². The molecule has 1 fully saturated rings. The number of rotatable bonds is 5. The van der Waals surface area contributed by atoms with Crippen LogP contribution in [0.1, 0.15) is 19.3 Å². The highest BCUT2D eigenvalue weighted by Crippen LogP contribution is 2.33. The van der Waals surface area contributed by atoms with E-state index in [-0.39, 0.29) is 0 Å². The summed E-state index contributed by atoms with van der Waals surface area (Å²) in [6, 6.07) is 12.3. The molecule has 3 aromatic rings. The molecule has 0 atom stereocenters. The van der Waals surface area contributed by atoms with Gasteiger partial charge < -0.3 is 5.32 Å². The van der Waals surface area contributed by atoms with Crippen molar-refractivity contribution in [1.29, 1.82) is 0 Å². The summed E-state index contributed by atoms with van der Waals surface area (Å²) < 4.78 is 27.8. The third kappa shape index (κ3) is 4.64. The number of anilines is 2. The van der Waals surface area contributed by atoms with Crippen LogP contribution in [0.25, 0.3) is 10.6 Å². The van der Waals surface area contributed by atoms with E-state index >= 15 is 0 Å². The fourth-order valence-electron chi connectivity index (χ4n) is 3.11. The minimum Gasteiger partial charge on any atom is -0.330 e. The van der Waals surface area contributed by atoms with Crippen LogP contribution in [0, 0.1) is 0 Å². The highest BCUT2D eigenvalue weighted by molar-refractivity contribution is 9.10. The first kappa shape index (κ1) is 20.7. The maximum absolute atomic E-state index is 12.7. The lowest BCUT2D eigenvalue weighted by Gasteiger charge is -2.25. The number of aromatic nitrogens is 2. The quantitative estimate of drug-likeness (QED) is 0.485. The van der Waals surface area contributed by atoms with Crippen LogP contribution in [0.15, 0.2) is 51.8 Å². The van der Waals surface area contributed by atoms with E-state index in [0.29, 0.717) is 28.1 Å². The third-order valence-electron chi connectivity index (χ3n) is 4.65. The van der Waals surface area contributed by atoms with Gasteiger partial charge in [0.2, 0.25) is 15.2 Å². The highest BCUT2D eigenvalue weighted by Gasteiger charge is 2.25. The lowest BCUT2D eigenvalue weighted by atomic mass is 10.2. The highest BCUT2D eigenvalue weighted by atomic mass is 79.9. The molecule has 2 aromatic carbocycles. The average Bonchev–Trinajstić information content (AvgIpc) is 3.19. The van der Waals surface area contributed by atoms with Crippen LogP contribution < -0.4 is 5.32 Å². The molecule has 1 aliphatic rings. The summed E-state index contributed by atoms with van der Waals surface area (Å²) in [5.74, 6) is 0. The normalized spacial score (nSPS) is 15.4. The Balaban J connectivity index is 1.48. The van der Waals surface area contributed by atoms with Crippen LogP contribution >= 0.6 is 38.9 Å². The van der Waals surface area contributed by atoms with Crippen LogP contribution in [0.5, 0.6) is 0 Å². The van der Waals surface area contributed by atoms with Crippen LogP contribution in [0.4, 0.5) is 10.8 Å². The van der Waals surface area contributed by atoms with Crippen LogP contribution in [0.3, 0.4) is 0 Å². The summed E-state index contributed by atoms with van der Waals surface area (Å²) in [4.78, 5) is 0.314. The number of piperidine rings is 1. The van der Waals surface area contributed by atoms with Gasteiger partial charge in [-0.15, -0.1) is 10.2 Å². The Labute approximate surface area is 187 Å². The van der Waals surface area contributed by atoms with Crippen LogP contribution in [-0.2, 0) is 10.0 Å². The van der Waals surface area contributed by atoms with Gasteiger partial charge in [-0.2, -0.15) is 4.31 Å². The van der Waals surface area contributed by atoms with Crippen molar-refractivity contribution < 1.29 is 8.42 Å². The standard InChI is InChI=1S/C19H18BrClN4O2S2/c20-16-12-13(4-9-17(16)21)18-23-24-19(28-18)22-14-5-7-15(8-6-14)29(26,27)25-10-2-1-3-11-25/h4-9,12H,1-3,10-11H2,(H,22,24). The molecular formula is C19H18BrClN4O2S2. The van der Waals surface area contributed by atoms with E-state index in [9.17, 15) is 8.42 Å². The molecular weight excluding hydrogens is 496 g/mol. The van der Waals surface area contributed by atoms with E-state index in [1.54, 1.807) is 34.6 Å². The molecule has 152 valence electrons.